The number of amides is 1. The van der Waals surface area contributed by atoms with Crippen LogP contribution in [0.5, 0.6) is 0 Å². The summed E-state index contributed by atoms with van der Waals surface area (Å²) in [5.41, 5.74) is -0.234. The number of aromatic nitrogens is 4. The van der Waals surface area contributed by atoms with Crippen molar-refractivity contribution in [1.29, 1.82) is 0 Å². The third-order valence-corrected chi connectivity index (χ3v) is 4.54. The van der Waals surface area contributed by atoms with Crippen LogP contribution in [-0.2, 0) is 16.3 Å². The molecule has 1 amide bonds. The van der Waals surface area contributed by atoms with E-state index in [2.05, 4.69) is 25.5 Å². The third-order valence-electron chi connectivity index (χ3n) is 2.54. The van der Waals surface area contributed by atoms with Gasteiger partial charge in [-0.2, -0.15) is 0 Å². The summed E-state index contributed by atoms with van der Waals surface area (Å²) < 4.78 is 22.9. The highest BCUT2D eigenvalue weighted by Gasteiger charge is 2.20. The number of rotatable bonds is 5. The number of carbonyl (C=O) groups is 1. The first-order valence-electron chi connectivity index (χ1n) is 6.53. The molecule has 2 heterocycles. The minimum Gasteiger partial charge on any atom is -0.295 e. The zero-order chi connectivity index (χ0) is 17.2. The van der Waals surface area contributed by atoms with Gasteiger partial charge < -0.3 is 0 Å². The molecule has 0 aliphatic carbocycles. The largest absolute Gasteiger partial charge is 0.295 e. The molecule has 2 aromatic rings. The molecule has 0 bridgehead atoms. The molecule has 0 aliphatic heterocycles. The van der Waals surface area contributed by atoms with Crippen LogP contribution in [0.15, 0.2) is 11.4 Å². The summed E-state index contributed by atoms with van der Waals surface area (Å²) in [5, 5.41) is 10.9. The van der Waals surface area contributed by atoms with Gasteiger partial charge in [0.1, 0.15) is 5.01 Å². The van der Waals surface area contributed by atoms with E-state index in [0.717, 1.165) is 23.9 Å². The summed E-state index contributed by atoms with van der Waals surface area (Å²) in [6.45, 7) is 4.10. The van der Waals surface area contributed by atoms with Crippen molar-refractivity contribution >= 4 is 43.8 Å². The second kappa shape index (κ2) is 6.85. The zero-order valence-electron chi connectivity index (χ0n) is 12.6. The maximum absolute atomic E-state index is 12.2. The zero-order valence-corrected chi connectivity index (χ0v) is 15.0. The smallest absolute Gasteiger partial charge is 0.277 e. The van der Waals surface area contributed by atoms with Gasteiger partial charge in [-0.15, -0.1) is 10.2 Å². The Hall–Kier alpha value is -1.65. The number of nitrogens with zero attached hydrogens (tertiary/aromatic N) is 4. The fraction of sp³-hybridized carbons (Fsp3) is 0.417. The molecule has 0 atom stereocenters. The lowest BCUT2D eigenvalue weighted by Gasteiger charge is -2.04. The Kier molecular flexibility index (Phi) is 5.27. The lowest BCUT2D eigenvalue weighted by atomic mass is 10.1. The van der Waals surface area contributed by atoms with Gasteiger partial charge in [0.2, 0.25) is 20.1 Å². The monoisotopic (exact) mass is 375 g/mol. The molecule has 1 N–H and O–H groups in total. The number of carbonyl (C=O) groups excluding carboxylic acids is 1. The van der Waals surface area contributed by atoms with Crippen molar-refractivity contribution in [2.24, 2.45) is 5.92 Å². The summed E-state index contributed by atoms with van der Waals surface area (Å²) >= 11 is 7.11. The lowest BCUT2D eigenvalue weighted by Crippen LogP contribution is -2.17. The third kappa shape index (κ3) is 4.66. The van der Waals surface area contributed by atoms with Gasteiger partial charge in [-0.25, -0.2) is 18.4 Å². The fourth-order valence-electron chi connectivity index (χ4n) is 1.58. The van der Waals surface area contributed by atoms with Crippen molar-refractivity contribution in [3.63, 3.8) is 0 Å². The van der Waals surface area contributed by atoms with Gasteiger partial charge in [0.15, 0.2) is 5.69 Å². The average Bonchev–Trinajstić information content (AvgIpc) is 2.84. The Labute approximate surface area is 142 Å². The molecule has 0 spiro atoms. The van der Waals surface area contributed by atoms with E-state index in [1.54, 1.807) is 0 Å². The Balaban J connectivity index is 2.22. The first kappa shape index (κ1) is 17.7. The molecule has 0 radical (unpaired) electrons. The van der Waals surface area contributed by atoms with E-state index < -0.39 is 20.9 Å². The Morgan fingerprint density at radius 2 is 2.09 bits per heavy atom. The number of hydrogen-bond acceptors (Lipinski definition) is 8. The van der Waals surface area contributed by atoms with E-state index in [1.165, 1.54) is 11.3 Å². The van der Waals surface area contributed by atoms with E-state index >= 15 is 0 Å². The van der Waals surface area contributed by atoms with E-state index in [1.807, 2.05) is 13.8 Å². The minimum absolute atomic E-state index is 0.0539. The Morgan fingerprint density at radius 1 is 1.39 bits per heavy atom. The number of sulfone groups is 1. The topological polar surface area (TPSA) is 115 Å². The van der Waals surface area contributed by atoms with Crippen molar-refractivity contribution in [2.45, 2.75) is 25.4 Å². The maximum atomic E-state index is 12.2. The van der Waals surface area contributed by atoms with Crippen molar-refractivity contribution in [2.75, 3.05) is 11.6 Å². The van der Waals surface area contributed by atoms with Crippen LogP contribution >= 0.6 is 22.9 Å². The number of halogens is 1. The quantitative estimate of drug-likeness (QED) is 0.792. The molecule has 11 heteroatoms. The first-order chi connectivity index (χ1) is 10.7. The summed E-state index contributed by atoms with van der Waals surface area (Å²) in [6, 6.07) is 0. The van der Waals surface area contributed by atoms with Crippen LogP contribution in [0.1, 0.15) is 29.3 Å². The SMILES string of the molecule is CC(C)Cc1nnc(NC(=O)c2nc(S(C)(=O)=O)ncc2Cl)s1. The molecule has 0 fully saturated rings. The number of hydrogen-bond donors (Lipinski definition) is 1. The molecule has 23 heavy (non-hydrogen) atoms. The molecule has 0 saturated heterocycles. The fourth-order valence-corrected chi connectivity index (χ4v) is 3.21. The van der Waals surface area contributed by atoms with Crippen molar-refractivity contribution < 1.29 is 13.2 Å². The van der Waals surface area contributed by atoms with E-state index in [4.69, 9.17) is 11.6 Å². The van der Waals surface area contributed by atoms with Crippen molar-refractivity contribution in [1.82, 2.24) is 20.2 Å². The van der Waals surface area contributed by atoms with E-state index in [0.29, 0.717) is 11.0 Å². The standard InChI is InChI=1S/C12H14ClN5O3S2/c1-6(2)4-8-17-18-11(22-8)16-10(19)9-7(13)5-14-12(15-9)23(3,20)21/h5-6H,4H2,1-3H3,(H,16,18,19). The second-order valence-corrected chi connectivity index (χ2v) is 8.55. The molecule has 0 aromatic carbocycles. The maximum Gasteiger partial charge on any atom is 0.277 e. The molecular weight excluding hydrogens is 362 g/mol. The average molecular weight is 376 g/mol. The van der Waals surface area contributed by atoms with Gasteiger partial charge in [0.25, 0.3) is 5.91 Å². The second-order valence-electron chi connectivity index (χ2n) is 5.17. The molecule has 2 rings (SSSR count). The summed E-state index contributed by atoms with van der Waals surface area (Å²) in [5.74, 6) is -0.255. The van der Waals surface area contributed by atoms with Crippen LogP contribution in [0.25, 0.3) is 0 Å². The van der Waals surface area contributed by atoms with E-state index in [9.17, 15) is 13.2 Å². The Morgan fingerprint density at radius 3 is 2.70 bits per heavy atom. The summed E-state index contributed by atoms with van der Waals surface area (Å²) in [4.78, 5) is 19.5. The van der Waals surface area contributed by atoms with Gasteiger partial charge in [-0.3, -0.25) is 10.1 Å². The lowest BCUT2D eigenvalue weighted by molar-refractivity contribution is 0.102. The highest BCUT2D eigenvalue weighted by molar-refractivity contribution is 7.90. The van der Waals surface area contributed by atoms with Crippen LogP contribution in [0, 0.1) is 5.92 Å². The highest BCUT2D eigenvalue weighted by Crippen LogP contribution is 2.20. The van der Waals surface area contributed by atoms with Crippen LogP contribution < -0.4 is 5.32 Å². The van der Waals surface area contributed by atoms with Gasteiger partial charge in [-0.05, 0) is 5.92 Å². The normalized spacial score (nSPS) is 11.7. The molecule has 2 aromatic heterocycles. The summed E-state index contributed by atoms with van der Waals surface area (Å²) in [7, 11) is -3.64. The Bertz CT molecular complexity index is 835. The predicted molar refractivity (Wildman–Crippen MR) is 86.6 cm³/mol. The summed E-state index contributed by atoms with van der Waals surface area (Å²) in [6.07, 6.45) is 2.77. The molecule has 0 aliphatic rings. The molecule has 0 unspecified atom stereocenters. The number of anilines is 1. The van der Waals surface area contributed by atoms with Crippen LogP contribution in [-0.4, -0.2) is 40.7 Å². The van der Waals surface area contributed by atoms with Crippen LogP contribution in [0.4, 0.5) is 5.13 Å². The van der Waals surface area contributed by atoms with Gasteiger partial charge in [0, 0.05) is 12.7 Å². The molecule has 8 nitrogen and oxygen atoms in total. The molecular formula is C12H14ClN5O3S2. The first-order valence-corrected chi connectivity index (χ1v) is 9.61. The van der Waals surface area contributed by atoms with Crippen LogP contribution in [0.2, 0.25) is 5.02 Å². The predicted octanol–water partition coefficient (Wildman–Crippen LogP) is 1.84. The van der Waals surface area contributed by atoms with Crippen molar-refractivity contribution in [3.05, 3.63) is 21.9 Å². The molecule has 0 saturated carbocycles. The van der Waals surface area contributed by atoms with Crippen molar-refractivity contribution in [3.8, 4) is 0 Å². The van der Waals surface area contributed by atoms with Crippen LogP contribution in [0.3, 0.4) is 0 Å². The number of nitrogens with one attached hydrogen (secondary N) is 1. The van der Waals surface area contributed by atoms with Gasteiger partial charge >= 0.3 is 0 Å². The molecule has 124 valence electrons. The highest BCUT2D eigenvalue weighted by atomic mass is 35.5. The van der Waals surface area contributed by atoms with Gasteiger partial charge in [-0.1, -0.05) is 36.8 Å². The minimum atomic E-state index is -3.64. The van der Waals surface area contributed by atoms with E-state index in [-0.39, 0.29) is 10.7 Å². The van der Waals surface area contributed by atoms with Gasteiger partial charge in [0.05, 0.1) is 11.2 Å².